The molecule has 0 radical (unpaired) electrons. The lowest BCUT2D eigenvalue weighted by Gasteiger charge is -2.11. The SMILES string of the molecule is CCOC(=O)C(N)C(=O)Nc1ccc(O)c(F)c1. The number of phenolic OH excluding ortho intramolecular Hbond substituents is 1. The van der Waals surface area contributed by atoms with Gasteiger partial charge in [0.1, 0.15) is 0 Å². The summed E-state index contributed by atoms with van der Waals surface area (Å²) >= 11 is 0. The minimum Gasteiger partial charge on any atom is -0.505 e. The van der Waals surface area contributed by atoms with Crippen LogP contribution in [0.2, 0.25) is 0 Å². The summed E-state index contributed by atoms with van der Waals surface area (Å²) in [4.78, 5) is 22.7. The van der Waals surface area contributed by atoms with Gasteiger partial charge in [-0.1, -0.05) is 0 Å². The van der Waals surface area contributed by atoms with Crippen molar-refractivity contribution in [2.75, 3.05) is 11.9 Å². The number of hydrogen-bond donors (Lipinski definition) is 3. The van der Waals surface area contributed by atoms with Gasteiger partial charge in [-0.3, -0.25) is 4.79 Å². The molecule has 6 nitrogen and oxygen atoms in total. The zero-order chi connectivity index (χ0) is 13.7. The summed E-state index contributed by atoms with van der Waals surface area (Å²) in [5.41, 5.74) is 5.41. The fourth-order valence-electron chi connectivity index (χ4n) is 1.14. The van der Waals surface area contributed by atoms with Crippen LogP contribution in [0.5, 0.6) is 5.75 Å². The molecule has 0 spiro atoms. The van der Waals surface area contributed by atoms with Crippen molar-refractivity contribution in [1.29, 1.82) is 0 Å². The van der Waals surface area contributed by atoms with Gasteiger partial charge in [0, 0.05) is 11.8 Å². The summed E-state index contributed by atoms with van der Waals surface area (Å²) in [6.07, 6.45) is 0. The number of esters is 1. The monoisotopic (exact) mass is 256 g/mol. The van der Waals surface area contributed by atoms with Gasteiger partial charge in [-0.15, -0.1) is 0 Å². The highest BCUT2D eigenvalue weighted by Crippen LogP contribution is 2.19. The van der Waals surface area contributed by atoms with Gasteiger partial charge in [0.2, 0.25) is 0 Å². The number of ether oxygens (including phenoxy) is 1. The molecule has 0 fully saturated rings. The van der Waals surface area contributed by atoms with Crippen LogP contribution >= 0.6 is 0 Å². The van der Waals surface area contributed by atoms with E-state index in [1.807, 2.05) is 0 Å². The molecule has 1 amide bonds. The Balaban J connectivity index is 2.69. The Kier molecular flexibility index (Phi) is 4.61. The van der Waals surface area contributed by atoms with Crippen molar-refractivity contribution in [3.8, 4) is 5.75 Å². The maximum absolute atomic E-state index is 13.0. The molecule has 4 N–H and O–H groups in total. The van der Waals surface area contributed by atoms with Crippen LogP contribution < -0.4 is 11.1 Å². The lowest BCUT2D eigenvalue weighted by Crippen LogP contribution is -2.43. The summed E-state index contributed by atoms with van der Waals surface area (Å²) < 4.78 is 17.6. The van der Waals surface area contributed by atoms with E-state index in [1.165, 1.54) is 6.07 Å². The van der Waals surface area contributed by atoms with Crippen LogP contribution in [0.1, 0.15) is 6.92 Å². The van der Waals surface area contributed by atoms with Gasteiger partial charge in [0.25, 0.3) is 5.91 Å². The Morgan fingerprint density at radius 1 is 1.56 bits per heavy atom. The minimum atomic E-state index is -1.48. The van der Waals surface area contributed by atoms with Gasteiger partial charge in [0.05, 0.1) is 6.61 Å². The van der Waals surface area contributed by atoms with E-state index in [-0.39, 0.29) is 12.3 Å². The number of carbonyl (C=O) groups is 2. The zero-order valence-electron chi connectivity index (χ0n) is 9.64. The third kappa shape index (κ3) is 3.42. The number of halogens is 1. The molecule has 1 aromatic rings. The minimum absolute atomic E-state index is 0.0787. The molecule has 0 aliphatic rings. The van der Waals surface area contributed by atoms with Crippen molar-refractivity contribution < 1.29 is 23.8 Å². The molecular formula is C11H13FN2O4. The van der Waals surface area contributed by atoms with Crippen LogP contribution in [0, 0.1) is 5.82 Å². The van der Waals surface area contributed by atoms with Crippen LogP contribution in [-0.4, -0.2) is 29.6 Å². The van der Waals surface area contributed by atoms with Gasteiger partial charge in [0.15, 0.2) is 17.6 Å². The predicted octanol–water partition coefficient (Wildman–Crippen LogP) is 0.360. The van der Waals surface area contributed by atoms with Crippen LogP contribution in [0.3, 0.4) is 0 Å². The second-order valence-corrected chi connectivity index (χ2v) is 3.39. The lowest BCUT2D eigenvalue weighted by molar-refractivity contribution is -0.146. The molecule has 0 saturated carbocycles. The Bertz CT molecular complexity index is 464. The average Bonchev–Trinajstić information content (AvgIpc) is 2.33. The molecule has 1 unspecified atom stereocenters. The highest BCUT2D eigenvalue weighted by Gasteiger charge is 2.23. The maximum atomic E-state index is 13.0. The number of rotatable bonds is 4. The first kappa shape index (κ1) is 13.9. The quantitative estimate of drug-likeness (QED) is 0.410. The number of aromatic hydroxyl groups is 1. The third-order valence-corrected chi connectivity index (χ3v) is 2.04. The highest BCUT2D eigenvalue weighted by molar-refractivity contribution is 6.08. The van der Waals surface area contributed by atoms with E-state index >= 15 is 0 Å². The topological polar surface area (TPSA) is 102 Å². The van der Waals surface area contributed by atoms with E-state index in [1.54, 1.807) is 6.92 Å². The van der Waals surface area contributed by atoms with Crippen molar-refractivity contribution in [2.24, 2.45) is 5.73 Å². The number of nitrogens with two attached hydrogens (primary N) is 1. The molecule has 0 bridgehead atoms. The number of hydrogen-bond acceptors (Lipinski definition) is 5. The fraction of sp³-hybridized carbons (Fsp3) is 0.273. The third-order valence-electron chi connectivity index (χ3n) is 2.04. The van der Waals surface area contributed by atoms with Gasteiger partial charge >= 0.3 is 5.97 Å². The number of nitrogens with one attached hydrogen (secondary N) is 1. The molecule has 18 heavy (non-hydrogen) atoms. The molecule has 0 aliphatic heterocycles. The average molecular weight is 256 g/mol. The number of benzene rings is 1. The van der Waals surface area contributed by atoms with E-state index in [4.69, 9.17) is 10.8 Å². The van der Waals surface area contributed by atoms with Crippen LogP contribution in [0.15, 0.2) is 18.2 Å². The highest BCUT2D eigenvalue weighted by atomic mass is 19.1. The van der Waals surface area contributed by atoms with Gasteiger partial charge < -0.3 is 20.9 Å². The van der Waals surface area contributed by atoms with Crippen molar-refractivity contribution in [1.82, 2.24) is 0 Å². The zero-order valence-corrected chi connectivity index (χ0v) is 9.64. The van der Waals surface area contributed by atoms with Crippen LogP contribution in [-0.2, 0) is 14.3 Å². The van der Waals surface area contributed by atoms with Gasteiger partial charge in [-0.05, 0) is 19.1 Å². The summed E-state index contributed by atoms with van der Waals surface area (Å²) in [6.45, 7) is 1.69. The number of phenols is 1. The molecule has 1 aromatic carbocycles. The van der Waals surface area contributed by atoms with Gasteiger partial charge in [-0.2, -0.15) is 0 Å². The standard InChI is InChI=1S/C11H13FN2O4/c1-2-18-11(17)9(13)10(16)14-6-3-4-8(15)7(12)5-6/h3-5,9,15H,2,13H2,1H3,(H,14,16). The van der Waals surface area contributed by atoms with Crippen molar-refractivity contribution in [3.63, 3.8) is 0 Å². The largest absolute Gasteiger partial charge is 0.505 e. The Morgan fingerprint density at radius 2 is 2.22 bits per heavy atom. The first-order valence-corrected chi connectivity index (χ1v) is 5.17. The maximum Gasteiger partial charge on any atom is 0.332 e. The van der Waals surface area contributed by atoms with E-state index in [0.29, 0.717) is 0 Å². The van der Waals surface area contributed by atoms with E-state index in [9.17, 15) is 14.0 Å². The summed E-state index contributed by atoms with van der Waals surface area (Å²) in [7, 11) is 0. The number of carbonyl (C=O) groups excluding carboxylic acids is 2. The predicted molar refractivity (Wildman–Crippen MR) is 61.3 cm³/mol. The molecule has 98 valence electrons. The Morgan fingerprint density at radius 3 is 2.78 bits per heavy atom. The summed E-state index contributed by atoms with van der Waals surface area (Å²) in [5.74, 6) is -3.12. The molecule has 7 heteroatoms. The van der Waals surface area contributed by atoms with E-state index in [0.717, 1.165) is 12.1 Å². The summed E-state index contributed by atoms with van der Waals surface area (Å²) in [5, 5.41) is 11.2. The van der Waals surface area contributed by atoms with Crippen LogP contribution in [0.25, 0.3) is 0 Å². The Labute approximate surface area is 103 Å². The fourth-order valence-corrected chi connectivity index (χ4v) is 1.14. The molecular weight excluding hydrogens is 243 g/mol. The van der Waals surface area contributed by atoms with Crippen LogP contribution in [0.4, 0.5) is 10.1 Å². The molecule has 1 rings (SSSR count). The van der Waals surface area contributed by atoms with Gasteiger partial charge in [-0.25, -0.2) is 9.18 Å². The first-order chi connectivity index (χ1) is 8.45. The van der Waals surface area contributed by atoms with E-state index < -0.39 is 29.5 Å². The van der Waals surface area contributed by atoms with Crippen molar-refractivity contribution in [3.05, 3.63) is 24.0 Å². The van der Waals surface area contributed by atoms with E-state index in [2.05, 4.69) is 10.1 Å². The second-order valence-electron chi connectivity index (χ2n) is 3.39. The summed E-state index contributed by atoms with van der Waals surface area (Å²) in [6, 6.07) is 1.77. The van der Waals surface area contributed by atoms with Crippen molar-refractivity contribution >= 4 is 17.6 Å². The first-order valence-electron chi connectivity index (χ1n) is 5.17. The molecule has 0 aliphatic carbocycles. The van der Waals surface area contributed by atoms with Crippen molar-refractivity contribution in [2.45, 2.75) is 13.0 Å². The second kappa shape index (κ2) is 5.97. The smallest absolute Gasteiger partial charge is 0.332 e. The number of amides is 1. The molecule has 0 aromatic heterocycles. The lowest BCUT2D eigenvalue weighted by atomic mass is 10.2. The number of anilines is 1. The molecule has 1 atom stereocenters. The Hall–Kier alpha value is -2.15. The normalized spacial score (nSPS) is 11.7. The molecule has 0 saturated heterocycles. The molecule has 0 heterocycles.